The highest BCUT2D eigenvalue weighted by atomic mass is 79.9. The molecule has 106 valence electrons. The molecular formula is C13H19BrN2O3. The second-order valence-electron chi connectivity index (χ2n) is 5.43. The first-order valence-electron chi connectivity index (χ1n) is 5.97. The van der Waals surface area contributed by atoms with Crippen molar-refractivity contribution in [2.24, 2.45) is 11.1 Å². The van der Waals surface area contributed by atoms with E-state index in [1.54, 1.807) is 12.3 Å². The summed E-state index contributed by atoms with van der Waals surface area (Å²) in [5, 5.41) is 0. The molecule has 0 aliphatic rings. The molecule has 0 aliphatic carbocycles. The SMILES string of the molecule is CC(C)(C)C[C@@H](COc1ncccc1Br)OC(N)=O. The molecule has 0 aromatic carbocycles. The van der Waals surface area contributed by atoms with Crippen LogP contribution in [-0.2, 0) is 4.74 Å². The fraction of sp³-hybridized carbons (Fsp3) is 0.538. The van der Waals surface area contributed by atoms with Crippen LogP contribution in [0.2, 0.25) is 0 Å². The van der Waals surface area contributed by atoms with Gasteiger partial charge >= 0.3 is 6.09 Å². The van der Waals surface area contributed by atoms with E-state index in [-0.39, 0.29) is 12.0 Å². The van der Waals surface area contributed by atoms with Crippen molar-refractivity contribution >= 4 is 22.0 Å². The number of hydrogen-bond donors (Lipinski definition) is 1. The van der Waals surface area contributed by atoms with Crippen LogP contribution in [0.3, 0.4) is 0 Å². The molecule has 0 radical (unpaired) electrons. The first kappa shape index (κ1) is 15.8. The van der Waals surface area contributed by atoms with Crippen LogP contribution in [0.15, 0.2) is 22.8 Å². The van der Waals surface area contributed by atoms with Gasteiger partial charge in [0.25, 0.3) is 0 Å². The molecule has 19 heavy (non-hydrogen) atoms. The molecule has 1 aromatic heterocycles. The lowest BCUT2D eigenvalue weighted by Gasteiger charge is -2.25. The van der Waals surface area contributed by atoms with Crippen LogP contribution >= 0.6 is 15.9 Å². The third-order valence-electron chi connectivity index (χ3n) is 2.25. The average molecular weight is 331 g/mol. The van der Waals surface area contributed by atoms with Gasteiger partial charge in [-0.25, -0.2) is 9.78 Å². The van der Waals surface area contributed by atoms with E-state index in [0.29, 0.717) is 12.3 Å². The molecule has 5 nitrogen and oxygen atoms in total. The highest BCUT2D eigenvalue weighted by Crippen LogP contribution is 2.25. The minimum atomic E-state index is -0.794. The maximum Gasteiger partial charge on any atom is 0.404 e. The second kappa shape index (κ2) is 6.75. The lowest BCUT2D eigenvalue weighted by Crippen LogP contribution is -2.31. The summed E-state index contributed by atoms with van der Waals surface area (Å²) < 4.78 is 11.4. The van der Waals surface area contributed by atoms with Crippen molar-refractivity contribution in [1.29, 1.82) is 0 Å². The van der Waals surface area contributed by atoms with Gasteiger partial charge in [-0.2, -0.15) is 0 Å². The topological polar surface area (TPSA) is 74.4 Å². The number of primary amides is 1. The number of pyridine rings is 1. The normalized spacial score (nSPS) is 12.8. The Morgan fingerprint density at radius 1 is 1.53 bits per heavy atom. The molecule has 1 amide bonds. The molecule has 1 rings (SSSR count). The zero-order valence-corrected chi connectivity index (χ0v) is 12.9. The van der Waals surface area contributed by atoms with Gasteiger partial charge in [0, 0.05) is 6.20 Å². The lowest BCUT2D eigenvalue weighted by atomic mass is 9.89. The van der Waals surface area contributed by atoms with Crippen LogP contribution in [0.1, 0.15) is 27.2 Å². The molecule has 0 aliphatic heterocycles. The molecule has 0 unspecified atom stereocenters. The summed E-state index contributed by atoms with van der Waals surface area (Å²) in [7, 11) is 0. The van der Waals surface area contributed by atoms with E-state index in [9.17, 15) is 4.79 Å². The summed E-state index contributed by atoms with van der Waals surface area (Å²) in [6.45, 7) is 6.39. The summed E-state index contributed by atoms with van der Waals surface area (Å²) in [4.78, 5) is 15.0. The third-order valence-corrected chi connectivity index (χ3v) is 2.86. The molecule has 1 aromatic rings. The Morgan fingerprint density at radius 3 is 2.74 bits per heavy atom. The van der Waals surface area contributed by atoms with Crippen molar-refractivity contribution in [2.75, 3.05) is 6.61 Å². The Kier molecular flexibility index (Phi) is 5.60. The Hall–Kier alpha value is -1.30. The summed E-state index contributed by atoms with van der Waals surface area (Å²) in [6.07, 6.45) is 1.10. The highest BCUT2D eigenvalue weighted by Gasteiger charge is 2.22. The fourth-order valence-electron chi connectivity index (χ4n) is 1.63. The number of amides is 1. The van der Waals surface area contributed by atoms with E-state index >= 15 is 0 Å². The zero-order chi connectivity index (χ0) is 14.5. The maximum atomic E-state index is 10.9. The van der Waals surface area contributed by atoms with Gasteiger partial charge in [-0.3, -0.25) is 0 Å². The summed E-state index contributed by atoms with van der Waals surface area (Å²) >= 11 is 3.34. The third kappa shape index (κ3) is 6.42. The molecule has 1 heterocycles. The van der Waals surface area contributed by atoms with Gasteiger partial charge in [0.05, 0.1) is 4.47 Å². The Morgan fingerprint density at radius 2 is 2.21 bits per heavy atom. The first-order valence-corrected chi connectivity index (χ1v) is 6.76. The van der Waals surface area contributed by atoms with Crippen molar-refractivity contribution in [3.63, 3.8) is 0 Å². The fourth-order valence-corrected chi connectivity index (χ4v) is 2.00. The van der Waals surface area contributed by atoms with E-state index < -0.39 is 12.2 Å². The number of nitrogens with zero attached hydrogens (tertiary/aromatic N) is 1. The van der Waals surface area contributed by atoms with Crippen LogP contribution in [0.5, 0.6) is 5.88 Å². The standard InChI is InChI=1S/C13H19BrN2O3/c1-13(2,3)7-9(19-12(15)17)8-18-11-10(14)5-4-6-16-11/h4-6,9H,7-8H2,1-3H3,(H2,15,17)/t9-/m0/s1. The molecular weight excluding hydrogens is 312 g/mol. The quantitative estimate of drug-likeness (QED) is 0.899. The Bertz CT molecular complexity index is 432. The van der Waals surface area contributed by atoms with Gasteiger partial charge in [0.1, 0.15) is 12.7 Å². The predicted molar refractivity (Wildman–Crippen MR) is 76.0 cm³/mol. The summed E-state index contributed by atoms with van der Waals surface area (Å²) in [6, 6.07) is 3.62. The summed E-state index contributed by atoms with van der Waals surface area (Å²) in [5.74, 6) is 0.467. The van der Waals surface area contributed by atoms with Crippen molar-refractivity contribution in [3.8, 4) is 5.88 Å². The van der Waals surface area contributed by atoms with Crippen LogP contribution in [0.25, 0.3) is 0 Å². The Balaban J connectivity index is 2.62. The smallest absolute Gasteiger partial charge is 0.404 e. The number of nitrogens with two attached hydrogens (primary N) is 1. The summed E-state index contributed by atoms with van der Waals surface area (Å²) in [5.41, 5.74) is 5.07. The number of rotatable bonds is 5. The van der Waals surface area contributed by atoms with Gasteiger partial charge in [-0.15, -0.1) is 0 Å². The number of ether oxygens (including phenoxy) is 2. The van der Waals surface area contributed by atoms with Gasteiger partial charge in [-0.05, 0) is 39.9 Å². The number of halogens is 1. The van der Waals surface area contributed by atoms with Crippen LogP contribution in [0, 0.1) is 5.41 Å². The molecule has 0 spiro atoms. The van der Waals surface area contributed by atoms with E-state index in [1.165, 1.54) is 0 Å². The molecule has 0 saturated carbocycles. The molecule has 6 heteroatoms. The largest absolute Gasteiger partial charge is 0.473 e. The molecule has 2 N–H and O–H groups in total. The average Bonchev–Trinajstić information content (AvgIpc) is 2.24. The molecule has 1 atom stereocenters. The van der Waals surface area contributed by atoms with Crippen LogP contribution in [0.4, 0.5) is 4.79 Å². The lowest BCUT2D eigenvalue weighted by molar-refractivity contribution is 0.0449. The second-order valence-corrected chi connectivity index (χ2v) is 6.28. The van der Waals surface area contributed by atoms with Crippen molar-refractivity contribution in [3.05, 3.63) is 22.8 Å². The number of aromatic nitrogens is 1. The number of carbonyl (C=O) groups excluding carboxylic acids is 1. The molecule has 0 bridgehead atoms. The zero-order valence-electron chi connectivity index (χ0n) is 11.4. The molecule has 0 fully saturated rings. The van der Waals surface area contributed by atoms with Gasteiger partial charge in [0.2, 0.25) is 5.88 Å². The van der Waals surface area contributed by atoms with Gasteiger partial charge in [-0.1, -0.05) is 20.8 Å². The maximum absolute atomic E-state index is 10.9. The van der Waals surface area contributed by atoms with Crippen molar-refractivity contribution in [1.82, 2.24) is 4.98 Å². The van der Waals surface area contributed by atoms with Crippen LogP contribution in [-0.4, -0.2) is 23.8 Å². The van der Waals surface area contributed by atoms with Gasteiger partial charge < -0.3 is 15.2 Å². The molecule has 0 saturated heterocycles. The van der Waals surface area contributed by atoms with Gasteiger partial charge in [0.15, 0.2) is 0 Å². The van der Waals surface area contributed by atoms with Crippen molar-refractivity contribution in [2.45, 2.75) is 33.3 Å². The number of hydrogen-bond acceptors (Lipinski definition) is 4. The minimum Gasteiger partial charge on any atom is -0.473 e. The Labute approximate surface area is 121 Å². The van der Waals surface area contributed by atoms with E-state index in [4.69, 9.17) is 15.2 Å². The first-order chi connectivity index (χ1) is 8.78. The minimum absolute atomic E-state index is 0.00479. The predicted octanol–water partition coefficient (Wildman–Crippen LogP) is 3.12. The number of carbonyl (C=O) groups is 1. The van der Waals surface area contributed by atoms with Crippen molar-refractivity contribution < 1.29 is 14.3 Å². The van der Waals surface area contributed by atoms with E-state index in [2.05, 4.69) is 41.7 Å². The van der Waals surface area contributed by atoms with E-state index in [0.717, 1.165) is 4.47 Å². The monoisotopic (exact) mass is 330 g/mol. The van der Waals surface area contributed by atoms with Crippen LogP contribution < -0.4 is 10.5 Å². The highest BCUT2D eigenvalue weighted by molar-refractivity contribution is 9.10. The van der Waals surface area contributed by atoms with E-state index in [1.807, 2.05) is 6.07 Å².